The fourth-order valence-corrected chi connectivity index (χ4v) is 2.42. The van der Waals surface area contributed by atoms with Gasteiger partial charge < -0.3 is 5.32 Å². The summed E-state index contributed by atoms with van der Waals surface area (Å²) >= 11 is 0. The maximum absolute atomic E-state index is 12.0. The van der Waals surface area contributed by atoms with Crippen LogP contribution in [0.1, 0.15) is 45.4 Å². The van der Waals surface area contributed by atoms with Crippen molar-refractivity contribution >= 4 is 0 Å². The van der Waals surface area contributed by atoms with Gasteiger partial charge in [0.15, 0.2) is 0 Å². The summed E-state index contributed by atoms with van der Waals surface area (Å²) in [4.78, 5) is 0. The van der Waals surface area contributed by atoms with Crippen molar-refractivity contribution < 1.29 is 8.78 Å². The van der Waals surface area contributed by atoms with Crippen molar-refractivity contribution in [3.8, 4) is 0 Å². The fraction of sp³-hybridized carbons (Fsp3) is 1.00. The Bertz CT molecular complexity index is 144. The van der Waals surface area contributed by atoms with Gasteiger partial charge in [0.25, 0.3) is 6.43 Å². The van der Waals surface area contributed by atoms with E-state index in [0.29, 0.717) is 12.0 Å². The molecule has 0 bridgehead atoms. The fourth-order valence-electron chi connectivity index (χ4n) is 2.42. The van der Waals surface area contributed by atoms with E-state index in [9.17, 15) is 8.78 Å². The molecule has 1 rings (SSSR count). The first kappa shape index (κ1) is 11.9. The van der Waals surface area contributed by atoms with Crippen molar-refractivity contribution in [2.24, 2.45) is 5.92 Å². The van der Waals surface area contributed by atoms with E-state index in [-0.39, 0.29) is 6.54 Å². The molecule has 0 spiro atoms. The molecule has 0 heterocycles. The lowest BCUT2D eigenvalue weighted by Crippen LogP contribution is -2.39. The minimum atomic E-state index is -2.22. The number of hydrogen-bond acceptors (Lipinski definition) is 1. The zero-order chi connectivity index (χ0) is 10.4. The van der Waals surface area contributed by atoms with E-state index in [2.05, 4.69) is 12.2 Å². The van der Waals surface area contributed by atoms with Gasteiger partial charge in [-0.1, -0.05) is 26.2 Å². The lowest BCUT2D eigenvalue weighted by Gasteiger charge is -2.30. The van der Waals surface area contributed by atoms with Crippen LogP contribution in [0.15, 0.2) is 0 Å². The Labute approximate surface area is 85.3 Å². The first-order valence-corrected chi connectivity index (χ1v) is 5.75. The predicted octanol–water partition coefficient (Wildman–Crippen LogP) is 3.20. The highest BCUT2D eigenvalue weighted by Gasteiger charge is 2.22. The zero-order valence-corrected chi connectivity index (χ0v) is 8.94. The number of halogens is 2. The van der Waals surface area contributed by atoms with Crippen LogP contribution < -0.4 is 5.32 Å². The quantitative estimate of drug-likeness (QED) is 0.726. The van der Waals surface area contributed by atoms with Crippen molar-refractivity contribution in [2.45, 2.75) is 57.9 Å². The van der Waals surface area contributed by atoms with Crippen LogP contribution >= 0.6 is 0 Å². The third-order valence-electron chi connectivity index (χ3n) is 3.19. The monoisotopic (exact) mass is 205 g/mol. The Hall–Kier alpha value is -0.180. The minimum Gasteiger partial charge on any atom is -0.308 e. The summed E-state index contributed by atoms with van der Waals surface area (Å²) < 4.78 is 24.1. The normalized spacial score (nSPS) is 21.4. The molecule has 1 N–H and O–H groups in total. The van der Waals surface area contributed by atoms with Gasteiger partial charge in [-0.3, -0.25) is 0 Å². The highest BCUT2D eigenvalue weighted by Crippen LogP contribution is 2.27. The molecular formula is C11H21F2N. The van der Waals surface area contributed by atoms with Crippen molar-refractivity contribution in [1.82, 2.24) is 5.32 Å². The van der Waals surface area contributed by atoms with Gasteiger partial charge in [-0.15, -0.1) is 0 Å². The Morgan fingerprint density at radius 2 is 1.86 bits per heavy atom. The van der Waals surface area contributed by atoms with Gasteiger partial charge in [0.2, 0.25) is 0 Å². The Morgan fingerprint density at radius 1 is 1.21 bits per heavy atom. The van der Waals surface area contributed by atoms with Gasteiger partial charge in [0.05, 0.1) is 6.54 Å². The molecule has 0 aromatic heterocycles. The molecule has 0 saturated heterocycles. The van der Waals surface area contributed by atoms with E-state index in [1.165, 1.54) is 32.1 Å². The van der Waals surface area contributed by atoms with E-state index >= 15 is 0 Å². The highest BCUT2D eigenvalue weighted by molar-refractivity contribution is 4.78. The molecule has 1 aliphatic carbocycles. The molecule has 1 aliphatic rings. The second-order valence-electron chi connectivity index (χ2n) is 4.21. The van der Waals surface area contributed by atoms with Crippen LogP contribution in [-0.4, -0.2) is 19.0 Å². The molecule has 3 heteroatoms. The standard InChI is InChI=1S/C11H21F2N/c1-2-10(14-8-11(12)13)9-6-4-3-5-7-9/h9-11,14H,2-8H2,1H3. The van der Waals surface area contributed by atoms with Crippen LogP contribution in [-0.2, 0) is 0 Å². The van der Waals surface area contributed by atoms with Gasteiger partial charge in [0, 0.05) is 6.04 Å². The number of alkyl halides is 2. The molecule has 1 saturated carbocycles. The topological polar surface area (TPSA) is 12.0 Å². The van der Waals surface area contributed by atoms with Crippen molar-refractivity contribution in [3.63, 3.8) is 0 Å². The van der Waals surface area contributed by atoms with Gasteiger partial charge in [0.1, 0.15) is 0 Å². The average molecular weight is 205 g/mol. The molecule has 14 heavy (non-hydrogen) atoms. The molecule has 0 aromatic carbocycles. The molecule has 0 aromatic rings. The number of rotatable bonds is 5. The smallest absolute Gasteiger partial charge is 0.250 e. The van der Waals surface area contributed by atoms with Gasteiger partial charge in [-0.2, -0.15) is 0 Å². The molecule has 0 amide bonds. The zero-order valence-electron chi connectivity index (χ0n) is 8.94. The summed E-state index contributed by atoms with van der Waals surface area (Å²) in [7, 11) is 0. The van der Waals surface area contributed by atoms with Crippen LogP contribution in [0.2, 0.25) is 0 Å². The van der Waals surface area contributed by atoms with E-state index in [1.807, 2.05) is 0 Å². The average Bonchev–Trinajstić information content (AvgIpc) is 2.20. The molecule has 1 nitrogen and oxygen atoms in total. The Kier molecular flexibility index (Phi) is 5.38. The lowest BCUT2D eigenvalue weighted by molar-refractivity contribution is 0.131. The van der Waals surface area contributed by atoms with Gasteiger partial charge in [-0.05, 0) is 25.2 Å². The van der Waals surface area contributed by atoms with Gasteiger partial charge in [-0.25, -0.2) is 8.78 Å². The first-order chi connectivity index (χ1) is 6.74. The second-order valence-corrected chi connectivity index (χ2v) is 4.21. The van der Waals surface area contributed by atoms with Crippen LogP contribution in [0.4, 0.5) is 8.78 Å². The van der Waals surface area contributed by atoms with Crippen molar-refractivity contribution in [3.05, 3.63) is 0 Å². The van der Waals surface area contributed by atoms with Crippen molar-refractivity contribution in [1.29, 1.82) is 0 Å². The highest BCUT2D eigenvalue weighted by atomic mass is 19.3. The van der Waals surface area contributed by atoms with Crippen LogP contribution in [0.3, 0.4) is 0 Å². The molecule has 1 fully saturated rings. The maximum Gasteiger partial charge on any atom is 0.250 e. The third-order valence-corrected chi connectivity index (χ3v) is 3.19. The summed E-state index contributed by atoms with van der Waals surface area (Å²) in [5.74, 6) is 0.632. The van der Waals surface area contributed by atoms with E-state index < -0.39 is 6.43 Å². The minimum absolute atomic E-state index is 0.144. The van der Waals surface area contributed by atoms with Gasteiger partial charge >= 0.3 is 0 Å². The summed E-state index contributed by atoms with van der Waals surface area (Å²) in [6.07, 6.45) is 5.06. The lowest BCUT2D eigenvalue weighted by atomic mass is 9.83. The first-order valence-electron chi connectivity index (χ1n) is 5.75. The summed E-state index contributed by atoms with van der Waals surface area (Å²) in [5, 5.41) is 2.99. The Morgan fingerprint density at radius 3 is 2.36 bits per heavy atom. The van der Waals surface area contributed by atoms with Crippen LogP contribution in [0.5, 0.6) is 0 Å². The number of nitrogens with one attached hydrogen (secondary N) is 1. The molecular weight excluding hydrogens is 184 g/mol. The van der Waals surface area contributed by atoms with E-state index in [0.717, 1.165) is 6.42 Å². The van der Waals surface area contributed by atoms with E-state index in [4.69, 9.17) is 0 Å². The molecule has 1 atom stereocenters. The molecule has 0 aliphatic heterocycles. The summed E-state index contributed by atoms with van der Waals surface area (Å²) in [6.45, 7) is 1.94. The van der Waals surface area contributed by atoms with E-state index in [1.54, 1.807) is 0 Å². The Balaban J connectivity index is 2.28. The SMILES string of the molecule is CCC(NCC(F)F)C1CCCCC1. The second kappa shape index (κ2) is 6.33. The largest absolute Gasteiger partial charge is 0.308 e. The maximum atomic E-state index is 12.0. The summed E-state index contributed by atoms with van der Waals surface area (Å²) in [6, 6.07) is 0.310. The molecule has 1 unspecified atom stereocenters. The van der Waals surface area contributed by atoms with Crippen LogP contribution in [0, 0.1) is 5.92 Å². The molecule has 84 valence electrons. The number of hydrogen-bond donors (Lipinski definition) is 1. The van der Waals surface area contributed by atoms with Crippen LogP contribution in [0.25, 0.3) is 0 Å². The molecule has 0 radical (unpaired) electrons. The summed E-state index contributed by atoms with van der Waals surface area (Å²) in [5.41, 5.74) is 0. The van der Waals surface area contributed by atoms with Crippen molar-refractivity contribution in [2.75, 3.05) is 6.54 Å². The predicted molar refractivity (Wildman–Crippen MR) is 54.7 cm³/mol. The third kappa shape index (κ3) is 3.91.